The molecule has 0 aliphatic carbocycles. The predicted octanol–water partition coefficient (Wildman–Crippen LogP) is 0.502. The topological polar surface area (TPSA) is 79.7 Å². The smallest absolute Gasteiger partial charge is 0.270 e. The second-order valence-electron chi connectivity index (χ2n) is 5.27. The average molecular weight is 323 g/mol. The molecule has 1 saturated heterocycles. The lowest BCUT2D eigenvalue weighted by Gasteiger charge is -2.27. The molecule has 1 aliphatic rings. The molecule has 2 N–H and O–H groups in total. The first kappa shape index (κ1) is 9.24. The minimum absolute atomic E-state index is 0.247. The Morgan fingerprint density at radius 2 is 2.29 bits per heavy atom. The zero-order valence-electron chi connectivity index (χ0n) is 19.1. The summed E-state index contributed by atoms with van der Waals surface area (Å²) < 4.78 is 73.9. The summed E-state index contributed by atoms with van der Waals surface area (Å²) >= 11 is 0.636. The molecule has 0 spiro atoms. The maximum absolute atomic E-state index is 10.3. The quantitative estimate of drug-likeness (QED) is 0.789. The molecule has 1 aromatic rings. The van der Waals surface area contributed by atoms with Gasteiger partial charge in [-0.1, -0.05) is 0 Å². The van der Waals surface area contributed by atoms with Gasteiger partial charge in [0.05, 0.1) is 31.8 Å². The van der Waals surface area contributed by atoms with Gasteiger partial charge in [-0.3, -0.25) is 0 Å². The van der Waals surface area contributed by atoms with Crippen LogP contribution in [0.1, 0.15) is 30.4 Å². The summed E-state index contributed by atoms with van der Waals surface area (Å²) in [5, 5.41) is 12.8. The highest BCUT2D eigenvalue weighted by Gasteiger charge is 2.21. The minimum Gasteiger partial charge on any atom is -0.472 e. The first-order valence-electron chi connectivity index (χ1n) is 9.84. The Kier molecular flexibility index (Phi) is 3.23. The van der Waals surface area contributed by atoms with E-state index < -0.39 is 50.9 Å². The third-order valence-corrected chi connectivity index (χ3v) is 2.73. The summed E-state index contributed by atoms with van der Waals surface area (Å²) in [7, 11) is 0. The van der Waals surface area contributed by atoms with Gasteiger partial charge in [0.2, 0.25) is 5.82 Å². The number of ether oxygens (including phenoxy) is 2. The van der Waals surface area contributed by atoms with Crippen molar-refractivity contribution in [1.82, 2.24) is 14.1 Å². The van der Waals surface area contributed by atoms with Crippen molar-refractivity contribution in [3.05, 3.63) is 0 Å². The Hall–Kier alpha value is -0.960. The number of nitrogens with one attached hydrogen (secondary N) is 1. The lowest BCUT2D eigenvalue weighted by atomic mass is 10.1. The van der Waals surface area contributed by atoms with E-state index in [0.717, 1.165) is 4.90 Å². The Morgan fingerprint density at radius 3 is 2.95 bits per heavy atom. The summed E-state index contributed by atoms with van der Waals surface area (Å²) in [6.45, 7) is -3.65. The lowest BCUT2D eigenvalue weighted by molar-refractivity contribution is 0.0975. The number of nitrogens with zero attached hydrogens (tertiary/aromatic N) is 3. The SMILES string of the molecule is [2H]C1([2H])COCC([2H])([2H])N1c1nsnc1OC[C@]([2H])(O)C([2H])([2H])NC(C)(C)C. The summed E-state index contributed by atoms with van der Waals surface area (Å²) in [5.74, 6) is -0.555. The van der Waals surface area contributed by atoms with Crippen molar-refractivity contribution in [2.75, 3.05) is 44.2 Å². The summed E-state index contributed by atoms with van der Waals surface area (Å²) in [5.41, 5.74) is -0.730. The standard InChI is InChI=1S/C13H24N4O3S/c1-13(2,3)14-8-10(18)9-20-12-11(15-21-16-12)17-4-6-19-7-5-17/h10,14,18H,4-9H2,1-3H3/t10-/m1/s1/i4D2,5D2,8D2,10D. The van der Waals surface area contributed by atoms with Crippen molar-refractivity contribution in [3.8, 4) is 5.88 Å². The number of β-amino-alcohol motifs (C(OH)–C–C–N with tert-alkyl or cyclic N) is 1. The molecular formula is C13H24N4O3S. The van der Waals surface area contributed by atoms with Crippen LogP contribution in [0.3, 0.4) is 0 Å². The Balaban J connectivity index is 2.23. The fourth-order valence-electron chi connectivity index (χ4n) is 1.31. The molecule has 1 aliphatic heterocycles. The van der Waals surface area contributed by atoms with E-state index in [9.17, 15) is 5.11 Å². The summed E-state index contributed by atoms with van der Waals surface area (Å²) in [6.07, 6.45) is -2.72. The molecule has 0 radical (unpaired) electrons. The molecule has 8 heteroatoms. The number of aliphatic hydroxyl groups is 1. The van der Waals surface area contributed by atoms with Gasteiger partial charge in [0, 0.05) is 27.8 Å². The molecule has 1 fully saturated rings. The Morgan fingerprint density at radius 1 is 1.57 bits per heavy atom. The van der Waals surface area contributed by atoms with Crippen LogP contribution in [0.4, 0.5) is 5.82 Å². The van der Waals surface area contributed by atoms with Crippen LogP contribution in [-0.2, 0) is 4.74 Å². The molecule has 0 saturated carbocycles. The molecule has 21 heavy (non-hydrogen) atoms. The molecule has 120 valence electrons. The number of rotatable bonds is 6. The van der Waals surface area contributed by atoms with E-state index in [1.807, 2.05) is 0 Å². The van der Waals surface area contributed by atoms with E-state index >= 15 is 0 Å². The Bertz CT molecular complexity index is 680. The van der Waals surface area contributed by atoms with Gasteiger partial charge in [-0.25, -0.2) is 0 Å². The van der Waals surface area contributed by atoms with Crippen molar-refractivity contribution in [1.29, 1.82) is 0 Å². The fraction of sp³-hybridized carbons (Fsp3) is 0.846. The molecule has 0 bridgehead atoms. The van der Waals surface area contributed by atoms with Crippen LogP contribution in [0, 0.1) is 0 Å². The largest absolute Gasteiger partial charge is 0.472 e. The highest BCUT2D eigenvalue weighted by molar-refractivity contribution is 6.99. The van der Waals surface area contributed by atoms with E-state index in [4.69, 9.17) is 19.1 Å². The van der Waals surface area contributed by atoms with Crippen molar-refractivity contribution in [2.45, 2.75) is 32.4 Å². The van der Waals surface area contributed by atoms with E-state index in [0.29, 0.717) is 11.7 Å². The predicted molar refractivity (Wildman–Crippen MR) is 82.2 cm³/mol. The number of hydrogen-bond donors (Lipinski definition) is 2. The van der Waals surface area contributed by atoms with Crippen molar-refractivity contribution in [3.63, 3.8) is 0 Å². The fourth-order valence-corrected chi connectivity index (χ4v) is 1.80. The molecule has 2 rings (SSSR count). The minimum atomic E-state index is -2.72. The molecule has 1 aromatic heterocycles. The normalized spacial score (nSPS) is 29.7. The van der Waals surface area contributed by atoms with Crippen LogP contribution in [0.2, 0.25) is 0 Å². The molecule has 7 nitrogen and oxygen atoms in total. The highest BCUT2D eigenvalue weighted by atomic mass is 32.1. The van der Waals surface area contributed by atoms with Crippen LogP contribution in [0.5, 0.6) is 5.88 Å². The first-order chi connectivity index (χ1) is 12.5. The van der Waals surface area contributed by atoms with Crippen molar-refractivity contribution < 1.29 is 24.2 Å². The second-order valence-corrected chi connectivity index (χ2v) is 5.80. The first-order valence-corrected chi connectivity index (χ1v) is 7.07. The van der Waals surface area contributed by atoms with Crippen LogP contribution in [-0.4, -0.2) is 64.8 Å². The molecular weight excluding hydrogens is 292 g/mol. The van der Waals surface area contributed by atoms with Crippen molar-refractivity contribution >= 4 is 17.5 Å². The number of anilines is 1. The van der Waals surface area contributed by atoms with Crippen LogP contribution in [0.25, 0.3) is 0 Å². The second kappa shape index (κ2) is 7.35. The van der Waals surface area contributed by atoms with E-state index in [1.54, 1.807) is 20.8 Å². The molecule has 1 atom stereocenters. The maximum Gasteiger partial charge on any atom is 0.270 e. The number of hydrogen-bond acceptors (Lipinski definition) is 8. The summed E-state index contributed by atoms with van der Waals surface area (Å²) in [4.78, 5) is 0.743. The zero-order chi connectivity index (χ0) is 21.6. The van der Waals surface area contributed by atoms with Crippen LogP contribution >= 0.6 is 11.7 Å². The lowest BCUT2D eigenvalue weighted by Crippen LogP contribution is -2.42. The van der Waals surface area contributed by atoms with Gasteiger partial charge in [0.1, 0.15) is 12.7 Å². The molecule has 2 heterocycles. The Labute approximate surface area is 139 Å². The number of aromatic nitrogens is 2. The molecule has 0 unspecified atom stereocenters. The number of morpholine rings is 1. The van der Waals surface area contributed by atoms with Gasteiger partial charge in [-0.15, -0.1) is 4.37 Å². The van der Waals surface area contributed by atoms with E-state index in [2.05, 4.69) is 14.1 Å². The van der Waals surface area contributed by atoms with Gasteiger partial charge in [0.15, 0.2) is 0 Å². The molecule has 0 amide bonds. The highest BCUT2D eigenvalue weighted by Crippen LogP contribution is 2.26. The maximum atomic E-state index is 10.3. The van der Waals surface area contributed by atoms with Crippen LogP contribution in [0.15, 0.2) is 0 Å². The van der Waals surface area contributed by atoms with Gasteiger partial charge < -0.3 is 24.8 Å². The van der Waals surface area contributed by atoms with Gasteiger partial charge in [-0.2, -0.15) is 4.37 Å². The van der Waals surface area contributed by atoms with E-state index in [1.165, 1.54) is 0 Å². The van der Waals surface area contributed by atoms with Crippen LogP contribution < -0.4 is 15.0 Å². The van der Waals surface area contributed by atoms with E-state index in [-0.39, 0.29) is 11.7 Å². The van der Waals surface area contributed by atoms with Gasteiger partial charge in [0.25, 0.3) is 5.88 Å². The monoisotopic (exact) mass is 323 g/mol. The van der Waals surface area contributed by atoms with Gasteiger partial charge >= 0.3 is 0 Å². The third kappa shape index (κ3) is 5.39. The average Bonchev–Trinajstić information content (AvgIpc) is 2.88. The summed E-state index contributed by atoms with van der Waals surface area (Å²) in [6, 6.07) is 0. The zero-order valence-corrected chi connectivity index (χ0v) is 13.0. The van der Waals surface area contributed by atoms with Crippen molar-refractivity contribution in [2.24, 2.45) is 0 Å². The third-order valence-electron chi connectivity index (χ3n) is 2.23. The molecule has 0 aromatic carbocycles. The van der Waals surface area contributed by atoms with Gasteiger partial charge in [-0.05, 0) is 20.8 Å².